The van der Waals surface area contributed by atoms with Crippen LogP contribution in [0.3, 0.4) is 0 Å². The van der Waals surface area contributed by atoms with Gasteiger partial charge in [0.25, 0.3) is 0 Å². The van der Waals surface area contributed by atoms with Crippen molar-refractivity contribution in [2.24, 2.45) is 0 Å². The van der Waals surface area contributed by atoms with Crippen LogP contribution < -0.4 is 27.2 Å². The minimum Gasteiger partial charge on any atom is -0.308 e. The number of pyridine rings is 2. The van der Waals surface area contributed by atoms with Crippen LogP contribution >= 0.6 is 11.8 Å². The van der Waals surface area contributed by atoms with Crippen molar-refractivity contribution in [3.8, 4) is 11.1 Å². The largest absolute Gasteiger partial charge is 0.308 e. The standard InChI is InChI=1S/C55H36BNO2S/c1-29-24-30(2)51(31(3)25-29)56-43-17-9-11-19-46(43)60-47-28-42-53-50(52(47)56)55(59)39-16-8-10-18-44(39)57(53)45-23-21-33(27-41(45)54(42)58)32-20-22-38-40(26-32)49-36-14-6-4-12-34(36)48(38)35-13-5-7-15-37(35)49/h4-28,48-49H,1-3H3. The minimum atomic E-state index is -0.175. The summed E-state index contributed by atoms with van der Waals surface area (Å²) < 4.78 is 2.21. The molecule has 5 heteroatoms. The van der Waals surface area contributed by atoms with E-state index in [0.717, 1.165) is 37.4 Å². The van der Waals surface area contributed by atoms with Crippen LogP contribution in [0.5, 0.6) is 0 Å². The normalized spacial score (nSPS) is 15.9. The third kappa shape index (κ3) is 4.43. The topological polar surface area (TPSA) is 38.5 Å². The Labute approximate surface area is 351 Å². The Morgan fingerprint density at radius 2 is 1.07 bits per heavy atom. The van der Waals surface area contributed by atoms with Crippen molar-refractivity contribution >= 4 is 73.0 Å². The van der Waals surface area contributed by atoms with Gasteiger partial charge in [0, 0.05) is 43.2 Å². The maximum atomic E-state index is 15.2. The van der Waals surface area contributed by atoms with Gasteiger partial charge < -0.3 is 4.40 Å². The molecule has 4 aliphatic rings. The monoisotopic (exact) mass is 785 g/mol. The number of benzene rings is 8. The van der Waals surface area contributed by atoms with Crippen molar-refractivity contribution in [3.05, 3.63) is 222 Å². The second-order valence-electron chi connectivity index (χ2n) is 17.2. The zero-order valence-corrected chi connectivity index (χ0v) is 34.2. The van der Waals surface area contributed by atoms with Gasteiger partial charge in [-0.05, 0) is 113 Å². The Balaban J connectivity index is 1.08. The van der Waals surface area contributed by atoms with Crippen LogP contribution in [0.15, 0.2) is 171 Å². The third-order valence-corrected chi connectivity index (χ3v) is 15.1. The molecular weight excluding hydrogens is 749 g/mol. The van der Waals surface area contributed by atoms with Gasteiger partial charge in [-0.1, -0.05) is 149 Å². The van der Waals surface area contributed by atoms with E-state index in [-0.39, 0.29) is 29.4 Å². The highest BCUT2D eigenvalue weighted by molar-refractivity contribution is 8.00. The summed E-state index contributed by atoms with van der Waals surface area (Å²) in [5, 5.41) is 2.52. The molecular formula is C55H36BNO2S. The van der Waals surface area contributed by atoms with E-state index in [1.807, 2.05) is 24.3 Å². The predicted molar refractivity (Wildman–Crippen MR) is 250 cm³/mol. The molecule has 0 radical (unpaired) electrons. The molecule has 0 spiro atoms. The van der Waals surface area contributed by atoms with E-state index in [4.69, 9.17) is 0 Å². The summed E-state index contributed by atoms with van der Waals surface area (Å²) in [5.41, 5.74) is 19.7. The lowest BCUT2D eigenvalue weighted by Gasteiger charge is -2.42. The smallest absolute Gasteiger partial charge is 0.245 e. The van der Waals surface area contributed by atoms with Gasteiger partial charge in [0.2, 0.25) is 6.71 Å². The fourth-order valence-corrected chi connectivity index (χ4v) is 12.8. The fourth-order valence-electron chi connectivity index (χ4n) is 11.7. The number of para-hydroxylation sites is 1. The summed E-state index contributed by atoms with van der Waals surface area (Å²) in [6.45, 7) is 6.35. The van der Waals surface area contributed by atoms with E-state index < -0.39 is 0 Å². The molecule has 0 fully saturated rings. The molecule has 0 amide bonds. The van der Waals surface area contributed by atoms with E-state index in [2.05, 4.69) is 153 Å². The van der Waals surface area contributed by atoms with Crippen LogP contribution in [-0.4, -0.2) is 11.1 Å². The third-order valence-electron chi connectivity index (χ3n) is 13.9. The van der Waals surface area contributed by atoms with Crippen molar-refractivity contribution in [2.45, 2.75) is 42.4 Å². The molecule has 1 aliphatic heterocycles. The van der Waals surface area contributed by atoms with Crippen LogP contribution in [0.1, 0.15) is 61.9 Å². The highest BCUT2D eigenvalue weighted by atomic mass is 32.2. The molecule has 0 saturated carbocycles. The molecule has 0 unspecified atom stereocenters. The van der Waals surface area contributed by atoms with E-state index in [1.54, 1.807) is 11.8 Å². The Bertz CT molecular complexity index is 3630. The van der Waals surface area contributed by atoms with Crippen LogP contribution in [-0.2, 0) is 0 Å². The van der Waals surface area contributed by atoms with Crippen molar-refractivity contribution in [3.63, 3.8) is 0 Å². The van der Waals surface area contributed by atoms with E-state index in [0.29, 0.717) is 27.1 Å². The Hall–Kier alpha value is -6.69. The molecule has 0 saturated heterocycles. The molecule has 60 heavy (non-hydrogen) atoms. The fraction of sp³-hybridized carbons (Fsp3) is 0.0909. The van der Waals surface area contributed by atoms with Crippen LogP contribution in [0.4, 0.5) is 0 Å². The first-order chi connectivity index (χ1) is 29.4. The molecule has 2 aromatic heterocycles. The first-order valence-corrected chi connectivity index (χ1v) is 21.7. The average molecular weight is 786 g/mol. The number of aryl methyl sites for hydroxylation is 3. The summed E-state index contributed by atoms with van der Waals surface area (Å²) in [6.07, 6.45) is 0. The zero-order valence-electron chi connectivity index (χ0n) is 33.3. The summed E-state index contributed by atoms with van der Waals surface area (Å²) in [4.78, 5) is 32.5. The van der Waals surface area contributed by atoms with Gasteiger partial charge in [0.05, 0.1) is 16.6 Å². The molecule has 8 aromatic carbocycles. The predicted octanol–water partition coefficient (Wildman–Crippen LogP) is 10.1. The Kier molecular flexibility index (Phi) is 6.95. The van der Waals surface area contributed by atoms with Crippen molar-refractivity contribution in [1.29, 1.82) is 0 Å². The van der Waals surface area contributed by atoms with Crippen molar-refractivity contribution in [2.75, 3.05) is 0 Å². The van der Waals surface area contributed by atoms with Gasteiger partial charge in [0.15, 0.2) is 10.9 Å². The minimum absolute atomic E-state index is 0.0262. The van der Waals surface area contributed by atoms with Gasteiger partial charge in [-0.3, -0.25) is 9.59 Å². The SMILES string of the molecule is Cc1cc(C)c(B2c3ccccc3Sc3cc4c(=O)c5cc(-c6ccc7c(c6)C6c8ccccc8C7c7ccccc76)ccc5n5c6ccccc6c(=O)c(c32)c45)c(C)c1. The molecule has 3 nitrogen and oxygen atoms in total. The molecule has 10 aromatic rings. The van der Waals surface area contributed by atoms with E-state index >= 15 is 9.59 Å². The molecule has 0 atom stereocenters. The summed E-state index contributed by atoms with van der Waals surface area (Å²) in [7, 11) is 0. The van der Waals surface area contributed by atoms with E-state index in [1.165, 1.54) is 61.0 Å². The van der Waals surface area contributed by atoms with Gasteiger partial charge in [0.1, 0.15) is 0 Å². The number of hydrogen-bond acceptors (Lipinski definition) is 3. The number of hydrogen-bond donors (Lipinski definition) is 0. The van der Waals surface area contributed by atoms with Gasteiger partial charge >= 0.3 is 0 Å². The number of nitrogens with zero attached hydrogens (tertiary/aromatic N) is 1. The zero-order chi connectivity index (χ0) is 40.1. The van der Waals surface area contributed by atoms with Crippen LogP contribution in [0.25, 0.3) is 49.2 Å². The lowest BCUT2D eigenvalue weighted by atomic mass is 9.34. The second kappa shape index (κ2) is 12.2. The molecule has 14 rings (SSSR count). The maximum Gasteiger partial charge on any atom is 0.245 e. The Morgan fingerprint density at radius 1 is 0.483 bits per heavy atom. The molecule has 2 bridgehead atoms. The summed E-state index contributed by atoms with van der Waals surface area (Å²) in [5.74, 6) is 0.368. The lowest BCUT2D eigenvalue weighted by molar-refractivity contribution is 0.755. The van der Waals surface area contributed by atoms with Crippen LogP contribution in [0.2, 0.25) is 0 Å². The molecule has 0 N–H and O–H groups in total. The number of rotatable bonds is 2. The average Bonchev–Trinajstić information content (AvgIpc) is 3.27. The maximum absolute atomic E-state index is 15.2. The molecule has 3 aliphatic carbocycles. The molecule has 282 valence electrons. The number of aromatic nitrogens is 1. The summed E-state index contributed by atoms with van der Waals surface area (Å²) >= 11 is 1.68. The number of fused-ring (bicyclic) bond motifs is 7. The van der Waals surface area contributed by atoms with Gasteiger partial charge in [-0.25, -0.2) is 0 Å². The highest BCUT2D eigenvalue weighted by Gasteiger charge is 2.41. The van der Waals surface area contributed by atoms with Crippen molar-refractivity contribution in [1.82, 2.24) is 4.40 Å². The van der Waals surface area contributed by atoms with Gasteiger partial charge in [-0.15, -0.1) is 0 Å². The quantitative estimate of drug-likeness (QED) is 0.0996. The second-order valence-corrected chi connectivity index (χ2v) is 18.2. The summed E-state index contributed by atoms with van der Waals surface area (Å²) in [6, 6.07) is 54.2. The van der Waals surface area contributed by atoms with Gasteiger partial charge in [-0.2, -0.15) is 0 Å². The first-order valence-electron chi connectivity index (χ1n) is 20.9. The van der Waals surface area contributed by atoms with Crippen molar-refractivity contribution < 1.29 is 0 Å². The Morgan fingerprint density at radius 3 is 1.80 bits per heavy atom. The van der Waals surface area contributed by atoms with E-state index in [9.17, 15) is 0 Å². The lowest BCUT2D eigenvalue weighted by Crippen LogP contribution is -2.57. The van der Waals surface area contributed by atoms with Crippen LogP contribution in [0, 0.1) is 20.8 Å². The first kappa shape index (κ1) is 34.2. The molecule has 3 heterocycles. The highest BCUT2D eigenvalue weighted by Crippen LogP contribution is 2.56.